The quantitative estimate of drug-likeness (QED) is 0.840. The molecule has 2 aromatic rings. The van der Waals surface area contributed by atoms with Gasteiger partial charge in [-0.3, -0.25) is 0 Å². The van der Waals surface area contributed by atoms with E-state index in [0.717, 1.165) is 0 Å². The summed E-state index contributed by atoms with van der Waals surface area (Å²) in [5, 5.41) is 3.16. The van der Waals surface area contributed by atoms with Crippen LogP contribution in [-0.4, -0.2) is 37.3 Å². The molecule has 25 heavy (non-hydrogen) atoms. The standard InChI is InChI=1S/C16H19FN4O2S.ClH/c1-11-7-15(16(18)20-9-11)24(22,23)21-6-5-19-10-14(21)12-3-2-4-13(17)8-12;/h2-4,7-9,14,19H,5-6,10H2,1H3,(H2,18,20);1H. The second kappa shape index (κ2) is 7.65. The Morgan fingerprint density at radius 2 is 2.12 bits per heavy atom. The first-order valence-electron chi connectivity index (χ1n) is 7.60. The molecule has 1 unspecified atom stereocenters. The predicted molar refractivity (Wildman–Crippen MR) is 96.5 cm³/mol. The number of anilines is 1. The molecule has 1 atom stereocenters. The van der Waals surface area contributed by atoms with Crippen molar-refractivity contribution in [2.24, 2.45) is 0 Å². The van der Waals surface area contributed by atoms with E-state index in [4.69, 9.17) is 5.73 Å². The van der Waals surface area contributed by atoms with E-state index in [0.29, 0.717) is 24.2 Å². The van der Waals surface area contributed by atoms with E-state index in [-0.39, 0.29) is 29.7 Å². The first-order chi connectivity index (χ1) is 11.4. The Morgan fingerprint density at radius 3 is 2.84 bits per heavy atom. The second-order valence-electron chi connectivity index (χ2n) is 5.79. The Hall–Kier alpha value is -1.74. The molecule has 0 spiro atoms. The molecule has 1 fully saturated rings. The number of pyridine rings is 1. The van der Waals surface area contributed by atoms with Gasteiger partial charge in [0.1, 0.15) is 16.5 Å². The number of hydrogen-bond donors (Lipinski definition) is 2. The van der Waals surface area contributed by atoms with Crippen LogP contribution in [0, 0.1) is 12.7 Å². The van der Waals surface area contributed by atoms with E-state index < -0.39 is 21.9 Å². The summed E-state index contributed by atoms with van der Waals surface area (Å²) in [6.45, 7) is 2.95. The van der Waals surface area contributed by atoms with Crippen molar-refractivity contribution in [1.29, 1.82) is 0 Å². The Labute approximate surface area is 152 Å². The van der Waals surface area contributed by atoms with E-state index in [1.165, 1.54) is 28.7 Å². The smallest absolute Gasteiger partial charge is 0.247 e. The van der Waals surface area contributed by atoms with Crippen molar-refractivity contribution in [3.63, 3.8) is 0 Å². The molecule has 0 saturated carbocycles. The first kappa shape index (κ1) is 19.6. The summed E-state index contributed by atoms with van der Waals surface area (Å²) in [6, 6.07) is 7.01. The molecule has 3 N–H and O–H groups in total. The number of hydrogen-bond acceptors (Lipinski definition) is 5. The van der Waals surface area contributed by atoms with Crippen LogP contribution in [0.15, 0.2) is 41.4 Å². The van der Waals surface area contributed by atoms with Crippen molar-refractivity contribution in [1.82, 2.24) is 14.6 Å². The molecule has 1 saturated heterocycles. The zero-order valence-electron chi connectivity index (χ0n) is 13.6. The number of aromatic nitrogens is 1. The van der Waals surface area contributed by atoms with Gasteiger partial charge >= 0.3 is 0 Å². The number of sulfonamides is 1. The Kier molecular flexibility index (Phi) is 5.99. The zero-order valence-corrected chi connectivity index (χ0v) is 15.3. The molecule has 0 aliphatic carbocycles. The van der Waals surface area contributed by atoms with Gasteiger partial charge in [0.25, 0.3) is 0 Å². The van der Waals surface area contributed by atoms with Gasteiger partial charge in [-0.1, -0.05) is 12.1 Å². The number of halogens is 2. The van der Waals surface area contributed by atoms with Gasteiger partial charge in [0.2, 0.25) is 10.0 Å². The lowest BCUT2D eigenvalue weighted by atomic mass is 10.1. The fraction of sp³-hybridized carbons (Fsp3) is 0.312. The molecule has 6 nitrogen and oxygen atoms in total. The van der Waals surface area contributed by atoms with Crippen molar-refractivity contribution in [2.45, 2.75) is 17.9 Å². The van der Waals surface area contributed by atoms with Crippen LogP contribution >= 0.6 is 12.4 Å². The highest BCUT2D eigenvalue weighted by atomic mass is 35.5. The van der Waals surface area contributed by atoms with Crippen LogP contribution in [0.5, 0.6) is 0 Å². The van der Waals surface area contributed by atoms with Gasteiger partial charge in [0.05, 0.1) is 6.04 Å². The molecule has 1 aliphatic heterocycles. The highest BCUT2D eigenvalue weighted by Crippen LogP contribution is 2.31. The van der Waals surface area contributed by atoms with E-state index in [1.54, 1.807) is 19.1 Å². The Bertz CT molecular complexity index is 863. The molecule has 0 amide bonds. The number of nitrogens with one attached hydrogen (secondary N) is 1. The molecule has 0 bridgehead atoms. The number of nitrogens with zero attached hydrogens (tertiary/aromatic N) is 2. The zero-order chi connectivity index (χ0) is 17.3. The maximum absolute atomic E-state index is 13.6. The summed E-state index contributed by atoms with van der Waals surface area (Å²) in [5.41, 5.74) is 7.11. The lowest BCUT2D eigenvalue weighted by Gasteiger charge is -2.35. The van der Waals surface area contributed by atoms with Crippen LogP contribution in [0.3, 0.4) is 0 Å². The van der Waals surface area contributed by atoms with Crippen LogP contribution in [0.25, 0.3) is 0 Å². The number of benzene rings is 1. The highest BCUT2D eigenvalue weighted by Gasteiger charge is 2.36. The minimum atomic E-state index is -3.84. The average molecular weight is 387 g/mol. The number of nitrogen functional groups attached to an aromatic ring is 1. The minimum Gasteiger partial charge on any atom is -0.383 e. The highest BCUT2D eigenvalue weighted by molar-refractivity contribution is 7.89. The number of nitrogens with two attached hydrogens (primary N) is 1. The van der Waals surface area contributed by atoms with Gasteiger partial charge < -0.3 is 11.1 Å². The van der Waals surface area contributed by atoms with Crippen LogP contribution < -0.4 is 11.1 Å². The lowest BCUT2D eigenvalue weighted by molar-refractivity contribution is 0.271. The third kappa shape index (κ3) is 3.92. The van der Waals surface area contributed by atoms with Crippen molar-refractivity contribution in [3.05, 3.63) is 53.5 Å². The predicted octanol–water partition coefficient (Wildman–Crippen LogP) is 1.87. The van der Waals surface area contributed by atoms with Crippen molar-refractivity contribution in [3.8, 4) is 0 Å². The van der Waals surface area contributed by atoms with E-state index in [2.05, 4.69) is 10.3 Å². The third-order valence-electron chi connectivity index (χ3n) is 4.03. The summed E-state index contributed by atoms with van der Waals surface area (Å²) in [4.78, 5) is 3.94. The summed E-state index contributed by atoms with van der Waals surface area (Å²) in [6.07, 6.45) is 1.52. The Morgan fingerprint density at radius 1 is 1.36 bits per heavy atom. The molecular weight excluding hydrogens is 367 g/mol. The van der Waals surface area contributed by atoms with Gasteiger partial charge in [-0.25, -0.2) is 17.8 Å². The lowest BCUT2D eigenvalue weighted by Crippen LogP contribution is -2.48. The largest absolute Gasteiger partial charge is 0.383 e. The minimum absolute atomic E-state index is 0. The number of rotatable bonds is 3. The molecule has 1 aromatic heterocycles. The normalized spacial score (nSPS) is 18.6. The van der Waals surface area contributed by atoms with Gasteiger partial charge in [-0.15, -0.1) is 12.4 Å². The summed E-state index contributed by atoms with van der Waals surface area (Å²) >= 11 is 0. The van der Waals surface area contributed by atoms with E-state index >= 15 is 0 Å². The number of aryl methyl sites for hydroxylation is 1. The van der Waals surface area contributed by atoms with Crippen LogP contribution in [-0.2, 0) is 10.0 Å². The van der Waals surface area contributed by atoms with E-state index in [9.17, 15) is 12.8 Å². The fourth-order valence-corrected chi connectivity index (χ4v) is 4.62. The van der Waals surface area contributed by atoms with Gasteiger partial charge in [-0.2, -0.15) is 4.31 Å². The second-order valence-corrected chi connectivity index (χ2v) is 7.65. The van der Waals surface area contributed by atoms with Crippen molar-refractivity contribution < 1.29 is 12.8 Å². The van der Waals surface area contributed by atoms with Gasteiger partial charge in [-0.05, 0) is 36.2 Å². The van der Waals surface area contributed by atoms with Crippen molar-refractivity contribution >= 4 is 28.2 Å². The SMILES string of the molecule is Cc1cnc(N)c(S(=O)(=O)N2CCNCC2c2cccc(F)c2)c1.Cl. The van der Waals surface area contributed by atoms with Crippen LogP contribution in [0.2, 0.25) is 0 Å². The molecule has 1 aromatic carbocycles. The molecule has 2 heterocycles. The van der Waals surface area contributed by atoms with Crippen molar-refractivity contribution in [2.75, 3.05) is 25.4 Å². The first-order valence-corrected chi connectivity index (χ1v) is 9.04. The van der Waals surface area contributed by atoms with Crippen LogP contribution in [0.4, 0.5) is 10.2 Å². The summed E-state index contributed by atoms with van der Waals surface area (Å²) in [7, 11) is -3.84. The monoisotopic (exact) mass is 386 g/mol. The Balaban J connectivity index is 0.00000225. The summed E-state index contributed by atoms with van der Waals surface area (Å²) in [5.74, 6) is -0.427. The maximum atomic E-state index is 13.6. The molecule has 1 aliphatic rings. The molecule has 9 heteroatoms. The molecule has 136 valence electrons. The average Bonchev–Trinajstić information content (AvgIpc) is 2.57. The molecule has 3 rings (SSSR count). The molecule has 0 radical (unpaired) electrons. The number of piperazine rings is 1. The summed E-state index contributed by atoms with van der Waals surface area (Å²) < 4.78 is 41.2. The maximum Gasteiger partial charge on any atom is 0.247 e. The van der Waals surface area contributed by atoms with Gasteiger partial charge in [0, 0.05) is 25.8 Å². The van der Waals surface area contributed by atoms with E-state index in [1.807, 2.05) is 0 Å². The third-order valence-corrected chi connectivity index (χ3v) is 5.97. The molecular formula is C16H20ClFN4O2S. The van der Waals surface area contributed by atoms with Crippen LogP contribution in [0.1, 0.15) is 17.2 Å². The topological polar surface area (TPSA) is 88.3 Å². The van der Waals surface area contributed by atoms with Gasteiger partial charge in [0.15, 0.2) is 0 Å². The fourth-order valence-electron chi connectivity index (χ4n) is 2.86.